The Morgan fingerprint density at radius 3 is 2.48 bits per heavy atom. The van der Waals surface area contributed by atoms with Gasteiger partial charge in [0, 0.05) is 20.1 Å². The van der Waals surface area contributed by atoms with Crippen LogP contribution in [-0.2, 0) is 16.6 Å². The van der Waals surface area contributed by atoms with Crippen molar-refractivity contribution in [3.05, 3.63) is 29.8 Å². The molecule has 0 aliphatic rings. The van der Waals surface area contributed by atoms with Gasteiger partial charge in [-0.2, -0.15) is 0 Å². The van der Waals surface area contributed by atoms with Crippen molar-refractivity contribution in [3.8, 4) is 0 Å². The molecule has 0 amide bonds. The lowest BCUT2D eigenvalue weighted by atomic mass is 10.0. The minimum Gasteiger partial charge on any atom is -0.356 e. The van der Waals surface area contributed by atoms with Gasteiger partial charge in [0.25, 0.3) is 0 Å². The summed E-state index contributed by atoms with van der Waals surface area (Å²) < 4.78 is 26.0. The van der Waals surface area contributed by atoms with Gasteiger partial charge in [-0.05, 0) is 30.7 Å². The first-order valence-corrected chi connectivity index (χ1v) is 9.42. The van der Waals surface area contributed by atoms with E-state index in [1.165, 1.54) is 7.05 Å². The van der Waals surface area contributed by atoms with E-state index in [-0.39, 0.29) is 4.90 Å². The maximum atomic E-state index is 11.8. The van der Waals surface area contributed by atoms with Gasteiger partial charge in [-0.15, -0.1) is 0 Å². The molecule has 1 rings (SSSR count). The van der Waals surface area contributed by atoms with E-state index >= 15 is 0 Å². The highest BCUT2D eigenvalue weighted by Crippen LogP contribution is 2.11. The van der Waals surface area contributed by atoms with Gasteiger partial charge >= 0.3 is 0 Å². The van der Waals surface area contributed by atoms with Crippen LogP contribution in [0.2, 0.25) is 0 Å². The molecular weight excluding hydrogens is 312 g/mol. The molecule has 130 valence electrons. The molecule has 0 heterocycles. The van der Waals surface area contributed by atoms with Crippen LogP contribution in [0, 0.1) is 5.92 Å². The summed E-state index contributed by atoms with van der Waals surface area (Å²) in [5.41, 5.74) is 0.881. The lowest BCUT2D eigenvalue weighted by molar-refractivity contribution is 0.481. The first-order valence-electron chi connectivity index (χ1n) is 7.93. The van der Waals surface area contributed by atoms with Crippen LogP contribution in [0.5, 0.6) is 0 Å². The van der Waals surface area contributed by atoms with Crippen LogP contribution in [0.15, 0.2) is 34.2 Å². The van der Waals surface area contributed by atoms with Crippen molar-refractivity contribution in [1.82, 2.24) is 15.4 Å². The van der Waals surface area contributed by atoms with Crippen molar-refractivity contribution in [2.45, 2.75) is 38.1 Å². The van der Waals surface area contributed by atoms with Crippen LogP contribution in [0.1, 0.15) is 32.3 Å². The molecule has 0 bridgehead atoms. The quantitative estimate of drug-likeness (QED) is 0.497. The summed E-state index contributed by atoms with van der Waals surface area (Å²) >= 11 is 0. The smallest absolute Gasteiger partial charge is 0.240 e. The first-order chi connectivity index (χ1) is 11.0. The molecule has 0 saturated carbocycles. The van der Waals surface area contributed by atoms with E-state index in [4.69, 9.17) is 0 Å². The van der Waals surface area contributed by atoms with E-state index in [9.17, 15) is 8.42 Å². The van der Waals surface area contributed by atoms with Gasteiger partial charge in [0.05, 0.1) is 4.90 Å². The Balaban J connectivity index is 2.65. The number of benzene rings is 1. The van der Waals surface area contributed by atoms with E-state index in [0.29, 0.717) is 12.5 Å². The van der Waals surface area contributed by atoms with Crippen LogP contribution in [-0.4, -0.2) is 35.0 Å². The molecule has 0 radical (unpaired) electrons. The van der Waals surface area contributed by atoms with Gasteiger partial charge in [-0.25, -0.2) is 13.1 Å². The summed E-state index contributed by atoms with van der Waals surface area (Å²) in [6.45, 7) is 5.75. The van der Waals surface area contributed by atoms with Gasteiger partial charge in [0.2, 0.25) is 10.0 Å². The van der Waals surface area contributed by atoms with Gasteiger partial charge < -0.3 is 10.6 Å². The molecule has 0 aliphatic heterocycles. The summed E-state index contributed by atoms with van der Waals surface area (Å²) in [4.78, 5) is 4.46. The number of rotatable bonds is 8. The molecule has 1 aromatic carbocycles. The summed E-state index contributed by atoms with van der Waals surface area (Å²) in [6, 6.07) is 6.86. The minimum absolute atomic E-state index is 0.263. The number of sulfonamides is 1. The molecule has 7 heteroatoms. The number of nitrogens with zero attached hydrogens (tertiary/aromatic N) is 1. The van der Waals surface area contributed by atoms with Crippen LogP contribution < -0.4 is 15.4 Å². The lowest BCUT2D eigenvalue weighted by Gasteiger charge is -2.17. The Morgan fingerprint density at radius 1 is 1.22 bits per heavy atom. The van der Waals surface area contributed by atoms with E-state index < -0.39 is 10.0 Å². The zero-order chi connectivity index (χ0) is 17.3. The van der Waals surface area contributed by atoms with Crippen molar-refractivity contribution in [2.24, 2.45) is 10.9 Å². The third-order valence-electron chi connectivity index (χ3n) is 3.87. The van der Waals surface area contributed by atoms with Crippen LogP contribution in [0.25, 0.3) is 0 Å². The van der Waals surface area contributed by atoms with Crippen molar-refractivity contribution >= 4 is 16.0 Å². The number of guanidine groups is 1. The molecular formula is C16H28N4O2S. The van der Waals surface area contributed by atoms with Crippen molar-refractivity contribution in [3.63, 3.8) is 0 Å². The van der Waals surface area contributed by atoms with Gasteiger partial charge in [0.1, 0.15) is 0 Å². The Kier molecular flexibility index (Phi) is 8.05. The lowest BCUT2D eigenvalue weighted by Crippen LogP contribution is -2.39. The fraction of sp³-hybridized carbons (Fsp3) is 0.562. The molecule has 1 aromatic rings. The second-order valence-electron chi connectivity index (χ2n) is 5.34. The number of hydrogen-bond donors (Lipinski definition) is 3. The zero-order valence-electron chi connectivity index (χ0n) is 14.4. The standard InChI is InChI=1S/C16H28N4O2S/c1-5-13(6-2)11-19-16(17-3)20-12-14-8-7-9-15(10-14)23(21,22)18-4/h7-10,13,18H,5-6,11-12H2,1-4H3,(H2,17,19,20). The van der Waals surface area contributed by atoms with Crippen molar-refractivity contribution in [2.75, 3.05) is 20.6 Å². The average molecular weight is 340 g/mol. The third-order valence-corrected chi connectivity index (χ3v) is 5.29. The molecule has 0 spiro atoms. The van der Waals surface area contributed by atoms with Crippen LogP contribution >= 0.6 is 0 Å². The highest BCUT2D eigenvalue weighted by molar-refractivity contribution is 7.89. The molecule has 0 aromatic heterocycles. The number of nitrogens with one attached hydrogen (secondary N) is 3. The fourth-order valence-electron chi connectivity index (χ4n) is 2.17. The Bertz CT molecular complexity index is 610. The Labute approximate surface area is 139 Å². The van der Waals surface area contributed by atoms with Gasteiger partial charge in [-0.1, -0.05) is 38.8 Å². The normalized spacial score (nSPS) is 12.5. The number of aliphatic imine (C=N–C) groups is 1. The van der Waals surface area contributed by atoms with Crippen LogP contribution in [0.4, 0.5) is 0 Å². The summed E-state index contributed by atoms with van der Waals surface area (Å²) in [5.74, 6) is 1.34. The fourth-order valence-corrected chi connectivity index (χ4v) is 2.97. The molecule has 0 fully saturated rings. The van der Waals surface area contributed by atoms with E-state index in [0.717, 1.165) is 30.9 Å². The predicted molar refractivity (Wildman–Crippen MR) is 95.0 cm³/mol. The van der Waals surface area contributed by atoms with E-state index in [1.807, 2.05) is 6.07 Å². The van der Waals surface area contributed by atoms with Crippen molar-refractivity contribution < 1.29 is 8.42 Å². The second-order valence-corrected chi connectivity index (χ2v) is 7.23. The minimum atomic E-state index is -3.42. The molecule has 3 N–H and O–H groups in total. The Hall–Kier alpha value is -1.60. The van der Waals surface area contributed by atoms with Crippen molar-refractivity contribution in [1.29, 1.82) is 0 Å². The summed E-state index contributed by atoms with van der Waals surface area (Å²) in [6.07, 6.45) is 2.26. The van der Waals surface area contributed by atoms with Gasteiger partial charge in [0.15, 0.2) is 5.96 Å². The second kappa shape index (κ2) is 9.52. The Morgan fingerprint density at radius 2 is 1.91 bits per heavy atom. The molecule has 6 nitrogen and oxygen atoms in total. The average Bonchev–Trinajstić information content (AvgIpc) is 2.58. The molecule has 0 unspecified atom stereocenters. The maximum Gasteiger partial charge on any atom is 0.240 e. The zero-order valence-corrected chi connectivity index (χ0v) is 15.2. The topological polar surface area (TPSA) is 82.6 Å². The van der Waals surface area contributed by atoms with E-state index in [1.54, 1.807) is 25.2 Å². The van der Waals surface area contributed by atoms with Gasteiger partial charge in [-0.3, -0.25) is 4.99 Å². The predicted octanol–water partition coefficient (Wildman–Crippen LogP) is 1.70. The maximum absolute atomic E-state index is 11.8. The van der Waals surface area contributed by atoms with E-state index in [2.05, 4.69) is 34.2 Å². The molecule has 0 atom stereocenters. The highest BCUT2D eigenvalue weighted by atomic mass is 32.2. The molecule has 23 heavy (non-hydrogen) atoms. The molecule has 0 aliphatic carbocycles. The summed E-state index contributed by atoms with van der Waals surface area (Å²) in [7, 11) is -0.284. The van der Waals surface area contributed by atoms with Crippen LogP contribution in [0.3, 0.4) is 0 Å². The SMILES string of the molecule is CCC(CC)CNC(=NC)NCc1cccc(S(=O)(=O)NC)c1. The monoisotopic (exact) mass is 340 g/mol. The molecule has 0 saturated heterocycles. The largest absolute Gasteiger partial charge is 0.356 e. The first kappa shape index (κ1) is 19.4. The highest BCUT2D eigenvalue weighted by Gasteiger charge is 2.11. The third kappa shape index (κ3) is 6.19. The number of hydrogen-bond acceptors (Lipinski definition) is 3. The summed E-state index contributed by atoms with van der Waals surface area (Å²) in [5, 5.41) is 6.52.